The normalized spacial score (nSPS) is 14.3. The smallest absolute Gasteiger partial charge is 0.137 e. The Morgan fingerprint density at radius 3 is 1.81 bits per heavy atom. The highest BCUT2D eigenvalue weighted by atomic mass is 16.3. The third-order valence-electron chi connectivity index (χ3n) is 15.0. The minimum atomic E-state index is -0.460. The van der Waals surface area contributed by atoms with Gasteiger partial charge in [0.15, 0.2) is 0 Å². The Morgan fingerprint density at radius 2 is 1.01 bits per heavy atom. The fraction of sp³-hybridized carbons (Fsp3) is 0.108. The summed E-state index contributed by atoms with van der Waals surface area (Å²) in [4.78, 5) is 2.43. The molecule has 2 heteroatoms. The molecule has 67 heavy (non-hydrogen) atoms. The van der Waals surface area contributed by atoms with Crippen LogP contribution < -0.4 is 4.90 Å². The Labute approximate surface area is 392 Å². The molecule has 10 aromatic carbocycles. The molecule has 13 rings (SSSR count). The van der Waals surface area contributed by atoms with E-state index >= 15 is 0 Å². The molecule has 2 aliphatic rings. The molecule has 0 unspecified atom stereocenters. The highest BCUT2D eigenvalue weighted by molar-refractivity contribution is 6.07. The van der Waals surface area contributed by atoms with Crippen LogP contribution in [0.2, 0.25) is 0 Å². The molecule has 0 aliphatic heterocycles. The molecule has 0 amide bonds. The SMILES string of the molecule is c1ccc(C2(c3ccccc3)c3ccccc3-c3ccc(-c4ccc(N(c5ccc6c(c5)oc5ccccc56)c5ccccc5-c5cccc6cccc(C7CCCCC7)c56)cc4)cc32)cc1. The molecule has 1 heterocycles. The number of hydrogen-bond acceptors (Lipinski definition) is 2. The Kier molecular flexibility index (Phi) is 9.53. The lowest BCUT2D eigenvalue weighted by Gasteiger charge is -2.34. The van der Waals surface area contributed by atoms with Crippen molar-refractivity contribution in [1.82, 2.24) is 0 Å². The van der Waals surface area contributed by atoms with Gasteiger partial charge in [0.05, 0.1) is 11.1 Å². The largest absolute Gasteiger partial charge is 0.456 e. The van der Waals surface area contributed by atoms with Crippen molar-refractivity contribution in [2.45, 2.75) is 43.4 Å². The number of hydrogen-bond donors (Lipinski definition) is 0. The Hall–Kier alpha value is -7.94. The molecule has 0 spiro atoms. The number of anilines is 3. The molecule has 0 bridgehead atoms. The molecular weight excluding hydrogens is 811 g/mol. The fourth-order valence-electron chi connectivity index (χ4n) is 12.0. The van der Waals surface area contributed by atoms with Gasteiger partial charge in [0.25, 0.3) is 0 Å². The summed E-state index contributed by atoms with van der Waals surface area (Å²) in [6.07, 6.45) is 6.44. The molecule has 0 atom stereocenters. The third kappa shape index (κ3) is 6.38. The van der Waals surface area contributed by atoms with Gasteiger partial charge in [0.1, 0.15) is 11.2 Å². The third-order valence-corrected chi connectivity index (χ3v) is 15.0. The Bertz CT molecular complexity index is 3570. The number of benzene rings is 10. The number of rotatable bonds is 8. The highest BCUT2D eigenvalue weighted by Crippen LogP contribution is 2.57. The summed E-state index contributed by atoms with van der Waals surface area (Å²) in [6, 6.07) is 85.3. The van der Waals surface area contributed by atoms with Crippen LogP contribution >= 0.6 is 0 Å². The minimum absolute atomic E-state index is 0.460. The summed E-state index contributed by atoms with van der Waals surface area (Å²) in [5.41, 5.74) is 18.7. The fourth-order valence-corrected chi connectivity index (χ4v) is 12.0. The summed E-state index contributed by atoms with van der Waals surface area (Å²) in [6.45, 7) is 0. The van der Waals surface area contributed by atoms with Gasteiger partial charge in [-0.1, -0.05) is 201 Å². The molecule has 1 aromatic heterocycles. The molecule has 2 aliphatic carbocycles. The van der Waals surface area contributed by atoms with Gasteiger partial charge in [-0.05, 0) is 128 Å². The lowest BCUT2D eigenvalue weighted by molar-refractivity contribution is 0.445. The van der Waals surface area contributed by atoms with Crippen molar-refractivity contribution in [1.29, 1.82) is 0 Å². The van der Waals surface area contributed by atoms with E-state index in [1.54, 1.807) is 0 Å². The van der Waals surface area contributed by atoms with E-state index in [2.05, 4.69) is 229 Å². The molecule has 1 saturated carbocycles. The summed E-state index contributed by atoms with van der Waals surface area (Å²) in [5, 5.41) is 4.94. The van der Waals surface area contributed by atoms with Crippen LogP contribution in [0.4, 0.5) is 17.1 Å². The predicted molar refractivity (Wildman–Crippen MR) is 280 cm³/mol. The average Bonchev–Trinajstić information content (AvgIpc) is 3.93. The van der Waals surface area contributed by atoms with E-state index in [0.29, 0.717) is 5.92 Å². The van der Waals surface area contributed by atoms with Gasteiger partial charge in [-0.15, -0.1) is 0 Å². The minimum Gasteiger partial charge on any atom is -0.456 e. The highest BCUT2D eigenvalue weighted by Gasteiger charge is 2.46. The van der Waals surface area contributed by atoms with E-state index in [9.17, 15) is 0 Å². The maximum absolute atomic E-state index is 6.56. The summed E-state index contributed by atoms with van der Waals surface area (Å²) < 4.78 is 6.56. The van der Waals surface area contributed by atoms with Crippen LogP contribution in [0.5, 0.6) is 0 Å². The zero-order valence-electron chi connectivity index (χ0n) is 37.4. The lowest BCUT2D eigenvalue weighted by atomic mass is 9.67. The first kappa shape index (κ1) is 39.4. The summed E-state index contributed by atoms with van der Waals surface area (Å²) >= 11 is 0. The van der Waals surface area contributed by atoms with Gasteiger partial charge in [-0.25, -0.2) is 0 Å². The Balaban J connectivity index is 0.977. The number of fused-ring (bicyclic) bond motifs is 7. The monoisotopic (exact) mass is 859 g/mol. The topological polar surface area (TPSA) is 16.4 Å². The van der Waals surface area contributed by atoms with E-state index in [1.807, 2.05) is 6.07 Å². The van der Waals surface area contributed by atoms with Gasteiger partial charge in [-0.3, -0.25) is 0 Å². The number of nitrogens with zero attached hydrogens (tertiary/aromatic N) is 1. The van der Waals surface area contributed by atoms with Gasteiger partial charge < -0.3 is 9.32 Å². The van der Waals surface area contributed by atoms with Crippen LogP contribution in [0.1, 0.15) is 65.8 Å². The lowest BCUT2D eigenvalue weighted by Crippen LogP contribution is -2.28. The summed E-state index contributed by atoms with van der Waals surface area (Å²) in [7, 11) is 0. The quantitative estimate of drug-likeness (QED) is 0.151. The molecule has 11 aromatic rings. The van der Waals surface area contributed by atoms with Crippen molar-refractivity contribution in [3.05, 3.63) is 258 Å². The van der Waals surface area contributed by atoms with Crippen LogP contribution in [0, 0.1) is 0 Å². The first-order chi connectivity index (χ1) is 33.2. The molecule has 0 N–H and O–H groups in total. The Morgan fingerprint density at radius 1 is 0.403 bits per heavy atom. The van der Waals surface area contributed by atoms with E-state index < -0.39 is 5.41 Å². The van der Waals surface area contributed by atoms with Gasteiger partial charge in [-0.2, -0.15) is 0 Å². The van der Waals surface area contributed by atoms with Crippen LogP contribution in [-0.2, 0) is 5.41 Å². The molecule has 2 nitrogen and oxygen atoms in total. The van der Waals surface area contributed by atoms with Crippen molar-refractivity contribution in [2.24, 2.45) is 0 Å². The average molecular weight is 860 g/mol. The van der Waals surface area contributed by atoms with Crippen LogP contribution in [0.25, 0.3) is 66.1 Å². The van der Waals surface area contributed by atoms with Gasteiger partial charge >= 0.3 is 0 Å². The van der Waals surface area contributed by atoms with E-state index in [1.165, 1.54) is 104 Å². The van der Waals surface area contributed by atoms with Crippen LogP contribution in [0.3, 0.4) is 0 Å². The first-order valence-electron chi connectivity index (χ1n) is 24.0. The zero-order chi connectivity index (χ0) is 44.3. The van der Waals surface area contributed by atoms with E-state index in [4.69, 9.17) is 4.42 Å². The number of furan rings is 1. The summed E-state index contributed by atoms with van der Waals surface area (Å²) in [5.74, 6) is 0.573. The molecular formula is C65H49NO. The van der Waals surface area contributed by atoms with E-state index in [-0.39, 0.29) is 0 Å². The second-order valence-corrected chi connectivity index (χ2v) is 18.6. The number of para-hydroxylation sites is 2. The van der Waals surface area contributed by atoms with Crippen molar-refractivity contribution in [2.75, 3.05) is 4.90 Å². The van der Waals surface area contributed by atoms with Crippen molar-refractivity contribution >= 4 is 49.8 Å². The van der Waals surface area contributed by atoms with Crippen molar-refractivity contribution < 1.29 is 4.42 Å². The van der Waals surface area contributed by atoms with E-state index in [0.717, 1.165) is 39.0 Å². The van der Waals surface area contributed by atoms with Gasteiger partial charge in [0.2, 0.25) is 0 Å². The first-order valence-corrected chi connectivity index (χ1v) is 24.0. The molecule has 0 radical (unpaired) electrons. The standard InChI is InChI=1S/C65H49NO/c1-4-18-45(19-5-1)52-29-16-20-46-21-17-30-58(64(46)52)55-27-11-14-32-61(55)66(51-39-41-57-56-28-12-15-33-62(56)67-63(57)43-51)50-37-34-44(35-38-50)47-36-40-54-53-26-10-13-31-59(53)65(60(54)42-47,48-22-6-2-7-23-48)49-24-8-3-9-25-49/h2-3,6-17,20-43,45H,1,4-5,18-19H2. The molecule has 1 fully saturated rings. The second kappa shape index (κ2) is 16.2. The van der Waals surface area contributed by atoms with Gasteiger partial charge in [0, 0.05) is 33.8 Å². The molecule has 0 saturated heterocycles. The molecule has 320 valence electrons. The van der Waals surface area contributed by atoms with Crippen LogP contribution in [0.15, 0.2) is 235 Å². The zero-order valence-corrected chi connectivity index (χ0v) is 37.4. The second-order valence-electron chi connectivity index (χ2n) is 18.6. The maximum Gasteiger partial charge on any atom is 0.137 e. The van der Waals surface area contributed by atoms with Crippen molar-refractivity contribution in [3.8, 4) is 33.4 Å². The van der Waals surface area contributed by atoms with Crippen molar-refractivity contribution in [3.63, 3.8) is 0 Å². The predicted octanol–water partition coefficient (Wildman–Crippen LogP) is 18.0. The van der Waals surface area contributed by atoms with Crippen LogP contribution in [-0.4, -0.2) is 0 Å². The maximum atomic E-state index is 6.56.